The molecule has 1 aromatic rings. The minimum Gasteiger partial charge on any atom is -0.375 e. The molecular formula is C16H23N. The molecule has 0 heterocycles. The van der Waals surface area contributed by atoms with Crippen molar-refractivity contribution in [3.05, 3.63) is 41.6 Å². The van der Waals surface area contributed by atoms with E-state index in [2.05, 4.69) is 56.0 Å². The highest BCUT2D eigenvalue weighted by Crippen LogP contribution is 2.44. The number of nitrogens with zero attached hydrogens (tertiary/aromatic N) is 1. The molecule has 0 aliphatic heterocycles. The van der Waals surface area contributed by atoms with Crippen molar-refractivity contribution in [1.82, 2.24) is 4.90 Å². The van der Waals surface area contributed by atoms with E-state index in [1.165, 1.54) is 18.4 Å². The lowest BCUT2D eigenvalue weighted by Crippen LogP contribution is -2.33. The first kappa shape index (κ1) is 12.2. The molecule has 2 rings (SSSR count). The summed E-state index contributed by atoms with van der Waals surface area (Å²) < 4.78 is 0. The van der Waals surface area contributed by atoms with Crippen LogP contribution in [0.2, 0.25) is 0 Å². The van der Waals surface area contributed by atoms with Crippen molar-refractivity contribution in [3.63, 3.8) is 0 Å². The van der Waals surface area contributed by atoms with E-state index in [9.17, 15) is 0 Å². The minimum absolute atomic E-state index is 0.783. The van der Waals surface area contributed by atoms with Crippen molar-refractivity contribution >= 4 is 5.57 Å². The predicted octanol–water partition coefficient (Wildman–Crippen LogP) is 4.17. The van der Waals surface area contributed by atoms with E-state index in [1.54, 1.807) is 11.3 Å². The highest BCUT2D eigenvalue weighted by Gasteiger charge is 2.31. The third-order valence-electron chi connectivity index (χ3n) is 3.87. The maximum atomic E-state index is 2.53. The van der Waals surface area contributed by atoms with Crippen molar-refractivity contribution in [2.24, 2.45) is 5.92 Å². The average molecular weight is 229 g/mol. The summed E-state index contributed by atoms with van der Waals surface area (Å²) in [5.74, 6) is 0.783. The lowest BCUT2D eigenvalue weighted by molar-refractivity contribution is 0.305. The summed E-state index contributed by atoms with van der Waals surface area (Å²) in [6, 6.07) is 10.9. The number of rotatable bonds is 5. The highest BCUT2D eigenvalue weighted by atomic mass is 15.1. The molecule has 0 saturated carbocycles. The van der Waals surface area contributed by atoms with E-state index in [0.717, 1.165) is 19.0 Å². The van der Waals surface area contributed by atoms with Gasteiger partial charge in [-0.2, -0.15) is 0 Å². The number of allylic oxidation sites excluding steroid dienone is 2. The van der Waals surface area contributed by atoms with Crippen LogP contribution in [-0.4, -0.2) is 18.0 Å². The number of benzene rings is 1. The Morgan fingerprint density at radius 2 is 1.71 bits per heavy atom. The molecule has 0 unspecified atom stereocenters. The fourth-order valence-corrected chi connectivity index (χ4v) is 2.82. The normalized spacial score (nSPS) is 19.1. The molecule has 17 heavy (non-hydrogen) atoms. The highest BCUT2D eigenvalue weighted by molar-refractivity contribution is 5.74. The number of hydrogen-bond donors (Lipinski definition) is 0. The molecule has 1 heteroatoms. The van der Waals surface area contributed by atoms with Gasteiger partial charge in [0, 0.05) is 24.7 Å². The lowest BCUT2D eigenvalue weighted by atomic mass is 9.76. The smallest absolute Gasteiger partial charge is 0.0206 e. The first-order valence-corrected chi connectivity index (χ1v) is 6.85. The van der Waals surface area contributed by atoms with Crippen LogP contribution in [0.25, 0.3) is 5.57 Å². The molecule has 1 aliphatic carbocycles. The molecule has 0 fully saturated rings. The summed E-state index contributed by atoms with van der Waals surface area (Å²) in [6.07, 6.45) is 2.52. The molecule has 0 bridgehead atoms. The standard InChI is InChI=1S/C16H23N/c1-4-13-12-15(14-10-8-7-9-11-14)16(13)17(5-2)6-3/h7-11,13H,4-6,12H2,1-3H3/t13-/m0/s1. The van der Waals surface area contributed by atoms with Crippen molar-refractivity contribution in [1.29, 1.82) is 0 Å². The average Bonchev–Trinajstić information content (AvgIpc) is 2.36. The van der Waals surface area contributed by atoms with Crippen molar-refractivity contribution in [3.8, 4) is 0 Å². The Balaban J connectivity index is 2.33. The second-order valence-electron chi connectivity index (χ2n) is 4.71. The summed E-state index contributed by atoms with van der Waals surface area (Å²) >= 11 is 0. The topological polar surface area (TPSA) is 3.24 Å². The van der Waals surface area contributed by atoms with Gasteiger partial charge in [-0.15, -0.1) is 0 Å². The van der Waals surface area contributed by atoms with Crippen LogP contribution in [0.3, 0.4) is 0 Å². The van der Waals surface area contributed by atoms with E-state index in [1.807, 2.05) is 0 Å². The Bertz CT molecular complexity index is 387. The Labute approximate surface area is 105 Å². The Kier molecular flexibility index (Phi) is 3.88. The van der Waals surface area contributed by atoms with E-state index in [0.29, 0.717) is 0 Å². The number of hydrogen-bond acceptors (Lipinski definition) is 1. The second-order valence-corrected chi connectivity index (χ2v) is 4.71. The maximum Gasteiger partial charge on any atom is 0.0206 e. The van der Waals surface area contributed by atoms with Crippen LogP contribution in [0.5, 0.6) is 0 Å². The molecule has 1 atom stereocenters. The summed E-state index contributed by atoms with van der Waals surface area (Å²) in [7, 11) is 0. The van der Waals surface area contributed by atoms with E-state index in [4.69, 9.17) is 0 Å². The second kappa shape index (κ2) is 5.39. The Morgan fingerprint density at radius 3 is 2.24 bits per heavy atom. The zero-order chi connectivity index (χ0) is 12.3. The van der Waals surface area contributed by atoms with Gasteiger partial charge in [0.15, 0.2) is 0 Å². The molecule has 0 amide bonds. The fourth-order valence-electron chi connectivity index (χ4n) is 2.82. The molecule has 0 saturated heterocycles. The molecule has 1 aliphatic rings. The summed E-state index contributed by atoms with van der Waals surface area (Å²) in [5.41, 5.74) is 4.59. The van der Waals surface area contributed by atoms with Gasteiger partial charge < -0.3 is 4.90 Å². The molecule has 0 spiro atoms. The quantitative estimate of drug-likeness (QED) is 0.732. The van der Waals surface area contributed by atoms with Gasteiger partial charge in [-0.25, -0.2) is 0 Å². The van der Waals surface area contributed by atoms with Gasteiger partial charge in [-0.1, -0.05) is 37.3 Å². The zero-order valence-corrected chi connectivity index (χ0v) is 11.2. The third kappa shape index (κ3) is 2.24. The van der Waals surface area contributed by atoms with Crippen molar-refractivity contribution in [2.45, 2.75) is 33.6 Å². The van der Waals surface area contributed by atoms with Gasteiger partial charge in [-0.3, -0.25) is 0 Å². The van der Waals surface area contributed by atoms with Gasteiger partial charge >= 0.3 is 0 Å². The van der Waals surface area contributed by atoms with Crippen LogP contribution in [0, 0.1) is 5.92 Å². The van der Waals surface area contributed by atoms with Crippen LogP contribution in [-0.2, 0) is 0 Å². The summed E-state index contributed by atoms with van der Waals surface area (Å²) in [5, 5.41) is 0. The first-order valence-electron chi connectivity index (χ1n) is 6.85. The van der Waals surface area contributed by atoms with E-state index < -0.39 is 0 Å². The van der Waals surface area contributed by atoms with E-state index in [-0.39, 0.29) is 0 Å². The van der Waals surface area contributed by atoms with Crippen LogP contribution in [0.1, 0.15) is 39.2 Å². The SMILES string of the molecule is CC[C@H]1CC(c2ccccc2)=C1N(CC)CC. The van der Waals surface area contributed by atoms with Crippen LogP contribution in [0.15, 0.2) is 36.0 Å². The largest absolute Gasteiger partial charge is 0.375 e. The fraction of sp³-hybridized carbons (Fsp3) is 0.500. The molecule has 0 aromatic heterocycles. The molecule has 1 aromatic carbocycles. The molecule has 0 N–H and O–H groups in total. The van der Waals surface area contributed by atoms with Gasteiger partial charge in [-0.05, 0) is 37.8 Å². The third-order valence-corrected chi connectivity index (χ3v) is 3.87. The molecule has 92 valence electrons. The Morgan fingerprint density at radius 1 is 1.06 bits per heavy atom. The van der Waals surface area contributed by atoms with Gasteiger partial charge in [0.2, 0.25) is 0 Å². The zero-order valence-electron chi connectivity index (χ0n) is 11.2. The summed E-state index contributed by atoms with van der Waals surface area (Å²) in [4.78, 5) is 2.53. The van der Waals surface area contributed by atoms with Crippen LogP contribution < -0.4 is 0 Å². The van der Waals surface area contributed by atoms with Crippen molar-refractivity contribution < 1.29 is 0 Å². The molecule has 0 radical (unpaired) electrons. The van der Waals surface area contributed by atoms with E-state index >= 15 is 0 Å². The lowest BCUT2D eigenvalue weighted by Gasteiger charge is -2.40. The van der Waals surface area contributed by atoms with Gasteiger partial charge in [0.25, 0.3) is 0 Å². The first-order chi connectivity index (χ1) is 8.31. The van der Waals surface area contributed by atoms with Crippen LogP contribution in [0.4, 0.5) is 0 Å². The van der Waals surface area contributed by atoms with Gasteiger partial charge in [0.1, 0.15) is 0 Å². The maximum absolute atomic E-state index is 2.53. The summed E-state index contributed by atoms with van der Waals surface area (Å²) in [6.45, 7) is 9.06. The molecule has 1 nitrogen and oxygen atoms in total. The van der Waals surface area contributed by atoms with Gasteiger partial charge in [0.05, 0.1) is 0 Å². The Hall–Kier alpha value is -1.24. The van der Waals surface area contributed by atoms with Crippen molar-refractivity contribution in [2.75, 3.05) is 13.1 Å². The van der Waals surface area contributed by atoms with Crippen LogP contribution >= 0.6 is 0 Å². The minimum atomic E-state index is 0.783. The molecular weight excluding hydrogens is 206 g/mol. The monoisotopic (exact) mass is 229 g/mol. The predicted molar refractivity (Wildman–Crippen MR) is 74.7 cm³/mol.